The molecule has 2 aromatic carbocycles. The number of para-hydroxylation sites is 1. The van der Waals surface area contributed by atoms with Gasteiger partial charge in [0.15, 0.2) is 0 Å². The lowest BCUT2D eigenvalue weighted by molar-refractivity contribution is -0.131. The molecule has 33 heavy (non-hydrogen) atoms. The van der Waals surface area contributed by atoms with Gasteiger partial charge in [0.2, 0.25) is 5.91 Å². The van der Waals surface area contributed by atoms with Gasteiger partial charge in [-0.05, 0) is 62.7 Å². The number of benzene rings is 2. The average Bonchev–Trinajstić information content (AvgIpc) is 2.83. The van der Waals surface area contributed by atoms with E-state index in [1.807, 2.05) is 61.5 Å². The summed E-state index contributed by atoms with van der Waals surface area (Å²) < 4.78 is 19.1. The minimum absolute atomic E-state index is 0.142. The lowest BCUT2D eigenvalue weighted by atomic mass is 9.79. The lowest BCUT2D eigenvalue weighted by Crippen LogP contribution is -2.46. The van der Waals surface area contributed by atoms with Crippen molar-refractivity contribution >= 4 is 27.6 Å². The van der Waals surface area contributed by atoms with Crippen molar-refractivity contribution in [3.05, 3.63) is 65.9 Å². The number of carbonyl (C=O) groups excluding carboxylic acids is 1. The molecule has 0 bridgehead atoms. The summed E-state index contributed by atoms with van der Waals surface area (Å²) in [5.74, 6) is 0.608. The number of amides is 1. The summed E-state index contributed by atoms with van der Waals surface area (Å²) in [6.07, 6.45) is 1.84. The van der Waals surface area contributed by atoms with Crippen LogP contribution in [-0.2, 0) is 22.2 Å². The number of nitrogens with zero attached hydrogens (tertiary/aromatic N) is 1. The Morgan fingerprint density at radius 2 is 2.03 bits per heavy atom. The van der Waals surface area contributed by atoms with Gasteiger partial charge in [-0.15, -0.1) is 0 Å². The van der Waals surface area contributed by atoms with Crippen LogP contribution in [0.4, 0.5) is 0 Å². The third-order valence-electron chi connectivity index (χ3n) is 6.07. The Kier molecular flexibility index (Phi) is 7.37. The van der Waals surface area contributed by atoms with Gasteiger partial charge in [0, 0.05) is 45.7 Å². The summed E-state index contributed by atoms with van der Waals surface area (Å²) in [5.41, 5.74) is 4.23. The Morgan fingerprint density at radius 1 is 1.24 bits per heavy atom. The maximum absolute atomic E-state index is 13.1. The lowest BCUT2D eigenvalue weighted by Gasteiger charge is -2.36. The number of aryl methyl sites for hydroxylation is 1. The molecule has 8 heteroatoms. The van der Waals surface area contributed by atoms with E-state index >= 15 is 0 Å². The largest absolute Gasteiger partial charge is 0.489 e. The monoisotopic (exact) mass is 467 g/mol. The van der Waals surface area contributed by atoms with Crippen LogP contribution in [0.1, 0.15) is 30.5 Å². The molecule has 1 saturated heterocycles. The number of hydrogen-bond acceptors (Lipinski definition) is 6. The standard InChI is InChI=1S/C25H29N3O4S/c1-18-13-19(22-5-2-3-6-23(22)27-18)15-32-20-7-9-21(10-8-20)33(31)17-25(14-24(29)28-30)11-4-12-26-16-25/h2-3,5-10,13,26,30H,4,11-12,14-17H2,1H3,(H,28,29). The van der Waals surface area contributed by atoms with E-state index in [1.54, 1.807) is 5.48 Å². The highest BCUT2D eigenvalue weighted by molar-refractivity contribution is 7.85. The van der Waals surface area contributed by atoms with Crippen LogP contribution in [0.15, 0.2) is 59.5 Å². The Bertz CT molecular complexity index is 1140. The second-order valence-corrected chi connectivity index (χ2v) is 10.1. The zero-order chi connectivity index (χ0) is 23.3. The van der Waals surface area contributed by atoms with Crippen molar-refractivity contribution in [3.8, 4) is 5.75 Å². The smallest absolute Gasteiger partial charge is 0.243 e. The van der Waals surface area contributed by atoms with E-state index in [2.05, 4.69) is 10.3 Å². The number of fused-ring (bicyclic) bond motifs is 1. The van der Waals surface area contributed by atoms with Gasteiger partial charge in [0.05, 0.1) is 16.3 Å². The number of nitrogens with one attached hydrogen (secondary N) is 2. The van der Waals surface area contributed by atoms with E-state index < -0.39 is 22.1 Å². The first-order valence-electron chi connectivity index (χ1n) is 11.1. The normalized spacial score (nSPS) is 19.2. The molecule has 1 aromatic heterocycles. The molecule has 0 radical (unpaired) electrons. The molecule has 1 aliphatic heterocycles. The zero-order valence-corrected chi connectivity index (χ0v) is 19.5. The predicted octanol–water partition coefficient (Wildman–Crippen LogP) is 3.50. The van der Waals surface area contributed by atoms with E-state index in [1.165, 1.54) is 0 Å². The second kappa shape index (κ2) is 10.4. The van der Waals surface area contributed by atoms with Crippen LogP contribution in [-0.4, -0.2) is 39.1 Å². The van der Waals surface area contributed by atoms with Crippen molar-refractivity contribution in [1.82, 2.24) is 15.8 Å². The first-order valence-corrected chi connectivity index (χ1v) is 12.4. The summed E-state index contributed by atoms with van der Waals surface area (Å²) in [6, 6.07) is 17.3. The van der Waals surface area contributed by atoms with Gasteiger partial charge in [-0.3, -0.25) is 19.2 Å². The maximum Gasteiger partial charge on any atom is 0.243 e. The number of hydroxylamine groups is 1. The maximum atomic E-state index is 13.1. The molecule has 3 aromatic rings. The van der Waals surface area contributed by atoms with E-state index in [0.29, 0.717) is 29.5 Å². The first kappa shape index (κ1) is 23.4. The molecular formula is C25H29N3O4S. The number of hydrogen-bond donors (Lipinski definition) is 3. The van der Waals surface area contributed by atoms with Crippen molar-refractivity contribution in [1.29, 1.82) is 0 Å². The molecule has 4 rings (SSSR count). The first-order chi connectivity index (χ1) is 16.0. The summed E-state index contributed by atoms with van der Waals surface area (Å²) in [6.45, 7) is 3.87. The minimum Gasteiger partial charge on any atom is -0.489 e. The van der Waals surface area contributed by atoms with Crippen LogP contribution >= 0.6 is 0 Å². The number of ether oxygens (including phenoxy) is 1. The van der Waals surface area contributed by atoms with Crippen LogP contribution in [0.5, 0.6) is 5.75 Å². The molecule has 1 aliphatic rings. The molecule has 2 heterocycles. The molecule has 2 atom stereocenters. The highest BCUT2D eigenvalue weighted by atomic mass is 32.2. The zero-order valence-electron chi connectivity index (χ0n) is 18.7. The van der Waals surface area contributed by atoms with Gasteiger partial charge in [-0.1, -0.05) is 18.2 Å². The van der Waals surface area contributed by atoms with Gasteiger partial charge in [-0.25, -0.2) is 5.48 Å². The topological polar surface area (TPSA) is 101 Å². The molecule has 174 valence electrons. The number of aromatic nitrogens is 1. The van der Waals surface area contributed by atoms with Gasteiger partial charge >= 0.3 is 0 Å². The summed E-state index contributed by atoms with van der Waals surface area (Å²) in [4.78, 5) is 17.1. The molecule has 1 fully saturated rings. The number of piperidine rings is 1. The quantitative estimate of drug-likeness (QED) is 0.346. The van der Waals surface area contributed by atoms with Crippen LogP contribution in [0, 0.1) is 12.3 Å². The van der Waals surface area contributed by atoms with E-state index in [0.717, 1.165) is 41.5 Å². The predicted molar refractivity (Wildman–Crippen MR) is 128 cm³/mol. The van der Waals surface area contributed by atoms with E-state index in [4.69, 9.17) is 9.94 Å². The van der Waals surface area contributed by atoms with Gasteiger partial charge in [0.25, 0.3) is 0 Å². The molecular weight excluding hydrogens is 438 g/mol. The number of pyridine rings is 1. The summed E-state index contributed by atoms with van der Waals surface area (Å²) >= 11 is 0. The summed E-state index contributed by atoms with van der Waals surface area (Å²) in [7, 11) is -1.27. The molecule has 0 aliphatic carbocycles. The van der Waals surface area contributed by atoms with Crippen molar-refractivity contribution in [2.24, 2.45) is 5.41 Å². The molecule has 2 unspecified atom stereocenters. The summed E-state index contributed by atoms with van der Waals surface area (Å²) in [5, 5.41) is 13.3. The van der Waals surface area contributed by atoms with Crippen molar-refractivity contribution in [3.63, 3.8) is 0 Å². The highest BCUT2D eigenvalue weighted by Crippen LogP contribution is 2.33. The van der Waals surface area contributed by atoms with Crippen LogP contribution in [0.3, 0.4) is 0 Å². The van der Waals surface area contributed by atoms with Gasteiger partial charge in [-0.2, -0.15) is 0 Å². The Hall–Kier alpha value is -2.81. The third kappa shape index (κ3) is 5.76. The molecule has 3 N–H and O–H groups in total. The Balaban J connectivity index is 1.43. The van der Waals surface area contributed by atoms with Crippen molar-refractivity contribution < 1.29 is 18.9 Å². The SMILES string of the molecule is Cc1cc(COc2ccc(S(=O)CC3(CC(=O)NO)CCCNC3)cc2)c2ccccc2n1. The fourth-order valence-corrected chi connectivity index (χ4v) is 5.97. The molecule has 7 nitrogen and oxygen atoms in total. The number of rotatable bonds is 8. The van der Waals surface area contributed by atoms with Crippen LogP contribution < -0.4 is 15.5 Å². The van der Waals surface area contributed by atoms with Crippen LogP contribution in [0.2, 0.25) is 0 Å². The van der Waals surface area contributed by atoms with Crippen LogP contribution in [0.25, 0.3) is 10.9 Å². The Morgan fingerprint density at radius 3 is 2.76 bits per heavy atom. The van der Waals surface area contributed by atoms with E-state index in [9.17, 15) is 9.00 Å². The average molecular weight is 468 g/mol. The van der Waals surface area contributed by atoms with E-state index in [-0.39, 0.29) is 6.42 Å². The number of carbonyl (C=O) groups is 1. The molecule has 0 saturated carbocycles. The highest BCUT2D eigenvalue weighted by Gasteiger charge is 2.36. The van der Waals surface area contributed by atoms with Gasteiger partial charge < -0.3 is 10.1 Å². The van der Waals surface area contributed by atoms with Gasteiger partial charge in [0.1, 0.15) is 12.4 Å². The fraction of sp³-hybridized carbons (Fsp3) is 0.360. The third-order valence-corrected chi connectivity index (χ3v) is 7.74. The molecule has 1 amide bonds. The minimum atomic E-state index is -1.27. The van der Waals surface area contributed by atoms with Crippen molar-refractivity contribution in [2.75, 3.05) is 18.8 Å². The Labute approximate surface area is 196 Å². The second-order valence-electron chi connectivity index (χ2n) is 8.68. The van der Waals surface area contributed by atoms with Crippen molar-refractivity contribution in [2.45, 2.75) is 37.7 Å². The molecule has 0 spiro atoms. The fourth-order valence-electron chi connectivity index (χ4n) is 4.46.